The van der Waals surface area contributed by atoms with E-state index in [0.29, 0.717) is 22.9 Å². The van der Waals surface area contributed by atoms with Crippen LogP contribution in [0.2, 0.25) is 5.02 Å². The topological polar surface area (TPSA) is 68.3 Å². The third-order valence-electron chi connectivity index (χ3n) is 2.44. The maximum absolute atomic E-state index is 10.7. The van der Waals surface area contributed by atoms with E-state index in [1.54, 1.807) is 12.1 Å². The van der Waals surface area contributed by atoms with Gasteiger partial charge in [0.25, 0.3) is 5.69 Å². The van der Waals surface area contributed by atoms with E-state index in [0.717, 1.165) is 5.76 Å². The van der Waals surface area contributed by atoms with E-state index < -0.39 is 4.92 Å². The molecule has 0 spiro atoms. The van der Waals surface area contributed by atoms with Crippen molar-refractivity contribution in [1.29, 1.82) is 0 Å². The molecule has 0 amide bonds. The summed E-state index contributed by atoms with van der Waals surface area (Å²) in [7, 11) is 1.81. The van der Waals surface area contributed by atoms with Gasteiger partial charge in [-0.2, -0.15) is 0 Å². The van der Waals surface area contributed by atoms with Gasteiger partial charge in [-0.3, -0.25) is 10.1 Å². The smallest absolute Gasteiger partial charge is 0.270 e. The Morgan fingerprint density at radius 1 is 1.39 bits per heavy atom. The highest BCUT2D eigenvalue weighted by atomic mass is 35.5. The predicted octanol–water partition coefficient (Wildman–Crippen LogP) is 3.23. The number of nitro benzene ring substituents is 1. The van der Waals surface area contributed by atoms with Gasteiger partial charge in [-0.05, 0) is 25.2 Å². The van der Waals surface area contributed by atoms with Gasteiger partial charge in [-0.1, -0.05) is 11.6 Å². The Morgan fingerprint density at radius 3 is 2.83 bits per heavy atom. The van der Waals surface area contributed by atoms with E-state index in [4.69, 9.17) is 16.0 Å². The second-order valence-electron chi connectivity index (χ2n) is 3.72. The van der Waals surface area contributed by atoms with Crippen molar-refractivity contribution in [2.45, 2.75) is 6.54 Å². The number of benzene rings is 1. The lowest BCUT2D eigenvalue weighted by Crippen LogP contribution is -2.03. The minimum absolute atomic E-state index is 0.0130. The summed E-state index contributed by atoms with van der Waals surface area (Å²) in [4.78, 5) is 10.3. The van der Waals surface area contributed by atoms with Gasteiger partial charge in [-0.15, -0.1) is 0 Å². The maximum Gasteiger partial charge on any atom is 0.270 e. The minimum atomic E-state index is -0.461. The molecule has 0 aliphatic carbocycles. The normalized spacial score (nSPS) is 10.6. The van der Waals surface area contributed by atoms with Crippen LogP contribution in [0, 0.1) is 10.1 Å². The molecular weight excluding hydrogens is 256 g/mol. The van der Waals surface area contributed by atoms with E-state index >= 15 is 0 Å². The first kappa shape index (κ1) is 12.6. The van der Waals surface area contributed by atoms with Crippen molar-refractivity contribution in [3.05, 3.63) is 51.2 Å². The van der Waals surface area contributed by atoms with Crippen molar-refractivity contribution < 1.29 is 9.34 Å². The molecule has 0 unspecified atom stereocenters. The Labute approximate surface area is 109 Å². The van der Waals surface area contributed by atoms with Gasteiger partial charge >= 0.3 is 0 Å². The first-order valence-electron chi connectivity index (χ1n) is 5.29. The lowest BCUT2D eigenvalue weighted by atomic mass is 10.1. The lowest BCUT2D eigenvalue weighted by molar-refractivity contribution is -0.384. The monoisotopic (exact) mass is 266 g/mol. The average molecular weight is 267 g/mol. The third kappa shape index (κ3) is 2.52. The van der Waals surface area contributed by atoms with Crippen LogP contribution in [0.1, 0.15) is 5.76 Å². The Kier molecular flexibility index (Phi) is 3.64. The molecule has 1 aromatic carbocycles. The van der Waals surface area contributed by atoms with Crippen LogP contribution < -0.4 is 5.32 Å². The van der Waals surface area contributed by atoms with E-state index in [2.05, 4.69) is 5.32 Å². The molecule has 0 aliphatic rings. The fourth-order valence-electron chi connectivity index (χ4n) is 1.61. The number of non-ortho nitro benzene ring substituents is 1. The van der Waals surface area contributed by atoms with Crippen molar-refractivity contribution >= 4 is 17.3 Å². The Morgan fingerprint density at radius 2 is 2.17 bits per heavy atom. The fourth-order valence-corrected chi connectivity index (χ4v) is 1.82. The molecule has 0 bridgehead atoms. The number of furan rings is 1. The van der Waals surface area contributed by atoms with Gasteiger partial charge in [0.15, 0.2) is 0 Å². The molecule has 1 aromatic heterocycles. The first-order chi connectivity index (χ1) is 8.61. The van der Waals surface area contributed by atoms with Gasteiger partial charge in [-0.25, -0.2) is 0 Å². The van der Waals surface area contributed by atoms with E-state index in [-0.39, 0.29) is 5.69 Å². The number of nitrogens with one attached hydrogen (secondary N) is 1. The lowest BCUT2D eigenvalue weighted by Gasteiger charge is -2.01. The standard InChI is InChI=1S/C12H11ClN2O3/c1-14-7-9-3-5-12(18-9)10-6-8(15(16)17)2-4-11(10)13/h2-6,14H,7H2,1H3. The van der Waals surface area contributed by atoms with Crippen molar-refractivity contribution in [2.24, 2.45) is 0 Å². The summed E-state index contributed by atoms with van der Waals surface area (Å²) in [5.41, 5.74) is 0.509. The largest absolute Gasteiger partial charge is 0.460 e. The SMILES string of the molecule is CNCc1ccc(-c2cc([N+](=O)[O-])ccc2Cl)o1. The second-order valence-corrected chi connectivity index (χ2v) is 4.12. The molecule has 2 aromatic rings. The zero-order valence-electron chi connectivity index (χ0n) is 9.64. The number of nitrogens with zero attached hydrogens (tertiary/aromatic N) is 1. The molecule has 0 saturated heterocycles. The highest BCUT2D eigenvalue weighted by Gasteiger charge is 2.14. The van der Waals surface area contributed by atoms with Crippen LogP contribution in [0.5, 0.6) is 0 Å². The minimum Gasteiger partial charge on any atom is -0.460 e. The van der Waals surface area contributed by atoms with Gasteiger partial charge in [0, 0.05) is 17.7 Å². The zero-order valence-corrected chi connectivity index (χ0v) is 10.4. The molecule has 1 heterocycles. The molecule has 0 atom stereocenters. The molecule has 6 heteroatoms. The highest BCUT2D eigenvalue weighted by Crippen LogP contribution is 2.32. The molecule has 5 nitrogen and oxygen atoms in total. The van der Waals surface area contributed by atoms with Crippen LogP contribution in [-0.4, -0.2) is 12.0 Å². The molecule has 94 valence electrons. The predicted molar refractivity (Wildman–Crippen MR) is 68.6 cm³/mol. The van der Waals surface area contributed by atoms with Gasteiger partial charge in [0.2, 0.25) is 0 Å². The molecule has 1 N–H and O–H groups in total. The average Bonchev–Trinajstić information content (AvgIpc) is 2.78. The zero-order chi connectivity index (χ0) is 13.1. The molecule has 18 heavy (non-hydrogen) atoms. The van der Waals surface area contributed by atoms with Crippen molar-refractivity contribution in [3.63, 3.8) is 0 Å². The Balaban J connectivity index is 2.41. The Hall–Kier alpha value is -1.85. The van der Waals surface area contributed by atoms with Crippen LogP contribution in [0.15, 0.2) is 34.7 Å². The van der Waals surface area contributed by atoms with Crippen molar-refractivity contribution in [1.82, 2.24) is 5.32 Å². The van der Waals surface area contributed by atoms with Crippen LogP contribution in [0.25, 0.3) is 11.3 Å². The summed E-state index contributed by atoms with van der Waals surface area (Å²) < 4.78 is 5.56. The first-order valence-corrected chi connectivity index (χ1v) is 5.67. The molecular formula is C12H11ClN2O3. The van der Waals surface area contributed by atoms with E-state index in [1.807, 2.05) is 7.05 Å². The summed E-state index contributed by atoms with van der Waals surface area (Å²) >= 11 is 6.02. The van der Waals surface area contributed by atoms with Gasteiger partial charge in [0.05, 0.1) is 16.5 Å². The third-order valence-corrected chi connectivity index (χ3v) is 2.77. The quantitative estimate of drug-likeness (QED) is 0.681. The highest BCUT2D eigenvalue weighted by molar-refractivity contribution is 6.33. The summed E-state index contributed by atoms with van der Waals surface area (Å²) in [6.45, 7) is 0.590. The van der Waals surface area contributed by atoms with Crippen LogP contribution in [-0.2, 0) is 6.54 Å². The van der Waals surface area contributed by atoms with Crippen LogP contribution in [0.4, 0.5) is 5.69 Å². The van der Waals surface area contributed by atoms with Gasteiger partial charge in [0.1, 0.15) is 11.5 Å². The van der Waals surface area contributed by atoms with Crippen LogP contribution in [0.3, 0.4) is 0 Å². The number of halogens is 1. The van der Waals surface area contributed by atoms with Gasteiger partial charge < -0.3 is 9.73 Å². The van der Waals surface area contributed by atoms with E-state index in [1.165, 1.54) is 18.2 Å². The number of hydrogen-bond donors (Lipinski definition) is 1. The van der Waals surface area contributed by atoms with Crippen LogP contribution >= 0.6 is 11.6 Å². The summed E-state index contributed by atoms with van der Waals surface area (Å²) in [6, 6.07) is 7.82. The number of nitro groups is 1. The molecule has 0 fully saturated rings. The number of hydrogen-bond acceptors (Lipinski definition) is 4. The molecule has 0 radical (unpaired) electrons. The Bertz CT molecular complexity index is 580. The molecule has 0 saturated carbocycles. The summed E-state index contributed by atoms with van der Waals surface area (Å²) in [5, 5.41) is 14.1. The van der Waals surface area contributed by atoms with Crippen molar-refractivity contribution in [3.8, 4) is 11.3 Å². The van der Waals surface area contributed by atoms with E-state index in [9.17, 15) is 10.1 Å². The van der Waals surface area contributed by atoms with Crippen molar-refractivity contribution in [2.75, 3.05) is 7.05 Å². The molecule has 2 rings (SSSR count). The fraction of sp³-hybridized carbons (Fsp3) is 0.167. The second kappa shape index (κ2) is 5.20. The molecule has 0 aliphatic heterocycles. The summed E-state index contributed by atoms with van der Waals surface area (Å²) in [5.74, 6) is 1.27. The number of rotatable bonds is 4. The summed E-state index contributed by atoms with van der Waals surface area (Å²) in [6.07, 6.45) is 0. The maximum atomic E-state index is 10.7.